The second-order valence-corrected chi connectivity index (χ2v) is 5.28. The summed E-state index contributed by atoms with van der Waals surface area (Å²) in [5, 5.41) is 0. The van der Waals surface area contributed by atoms with Gasteiger partial charge in [-0.15, -0.1) is 0 Å². The first-order chi connectivity index (χ1) is 11.3. The van der Waals surface area contributed by atoms with E-state index in [0.717, 1.165) is 11.3 Å². The van der Waals surface area contributed by atoms with Gasteiger partial charge in [-0.25, -0.2) is 4.79 Å². The molecule has 1 aliphatic rings. The average molecular weight is 305 g/mol. The van der Waals surface area contributed by atoms with Crippen LogP contribution in [0.1, 0.15) is 18.4 Å². The predicted octanol–water partition coefficient (Wildman–Crippen LogP) is 4.25. The zero-order valence-corrected chi connectivity index (χ0v) is 13.1. The summed E-state index contributed by atoms with van der Waals surface area (Å²) in [6.07, 6.45) is 5.90. The van der Waals surface area contributed by atoms with Crippen molar-refractivity contribution in [1.29, 1.82) is 0 Å². The summed E-state index contributed by atoms with van der Waals surface area (Å²) in [5.41, 5.74) is 2.73. The van der Waals surface area contributed by atoms with Gasteiger partial charge in [0, 0.05) is 24.0 Å². The first kappa shape index (κ1) is 15.1. The van der Waals surface area contributed by atoms with Crippen LogP contribution in [0.15, 0.2) is 84.7 Å². The Balaban J connectivity index is 1.97. The number of nitrogens with zero attached hydrogens (tertiary/aromatic N) is 1. The van der Waals surface area contributed by atoms with Crippen molar-refractivity contribution < 1.29 is 9.53 Å². The number of hydrogen-bond donors (Lipinski definition) is 0. The Kier molecular flexibility index (Phi) is 4.57. The molecule has 1 heterocycles. The fourth-order valence-electron chi connectivity index (χ4n) is 2.66. The Hall–Kier alpha value is -2.81. The molecule has 23 heavy (non-hydrogen) atoms. The third-order valence-electron chi connectivity index (χ3n) is 3.78. The molecule has 0 saturated heterocycles. The van der Waals surface area contributed by atoms with E-state index in [1.165, 1.54) is 0 Å². The van der Waals surface area contributed by atoms with Gasteiger partial charge in [-0.05, 0) is 24.6 Å². The van der Waals surface area contributed by atoms with Crippen LogP contribution in [0.3, 0.4) is 0 Å². The zero-order chi connectivity index (χ0) is 16.1. The van der Waals surface area contributed by atoms with Crippen molar-refractivity contribution in [2.24, 2.45) is 0 Å². The monoisotopic (exact) mass is 305 g/mol. The minimum atomic E-state index is -0.272. The summed E-state index contributed by atoms with van der Waals surface area (Å²) in [7, 11) is 0. The van der Waals surface area contributed by atoms with E-state index in [9.17, 15) is 4.79 Å². The van der Waals surface area contributed by atoms with Gasteiger partial charge in [0.15, 0.2) is 0 Å². The van der Waals surface area contributed by atoms with Crippen molar-refractivity contribution in [3.8, 4) is 0 Å². The molecule has 0 bridgehead atoms. The molecule has 1 atom stereocenters. The highest BCUT2D eigenvalue weighted by Gasteiger charge is 2.25. The van der Waals surface area contributed by atoms with Crippen molar-refractivity contribution in [3.05, 3.63) is 90.3 Å². The van der Waals surface area contributed by atoms with Crippen LogP contribution in [-0.4, -0.2) is 12.6 Å². The van der Waals surface area contributed by atoms with Gasteiger partial charge in [0.1, 0.15) is 0 Å². The molecule has 0 N–H and O–H groups in total. The fourth-order valence-corrected chi connectivity index (χ4v) is 2.66. The van der Waals surface area contributed by atoms with E-state index in [0.29, 0.717) is 12.2 Å². The minimum Gasteiger partial charge on any atom is -0.463 e. The lowest BCUT2D eigenvalue weighted by Crippen LogP contribution is -2.22. The van der Waals surface area contributed by atoms with Gasteiger partial charge in [0.2, 0.25) is 0 Å². The summed E-state index contributed by atoms with van der Waals surface area (Å²) in [4.78, 5) is 14.4. The molecule has 0 aliphatic carbocycles. The smallest absolute Gasteiger partial charge is 0.336 e. The Morgan fingerprint density at radius 2 is 1.70 bits per heavy atom. The highest BCUT2D eigenvalue weighted by Crippen LogP contribution is 2.32. The molecule has 0 saturated carbocycles. The number of carbonyl (C=O) groups is 1. The second-order valence-electron chi connectivity index (χ2n) is 5.28. The van der Waals surface area contributed by atoms with Gasteiger partial charge in [-0.3, -0.25) is 0 Å². The lowest BCUT2D eigenvalue weighted by atomic mass is 9.90. The molecule has 1 aliphatic heterocycles. The number of para-hydroxylation sites is 1. The van der Waals surface area contributed by atoms with Crippen molar-refractivity contribution in [1.82, 2.24) is 0 Å². The highest BCUT2D eigenvalue weighted by molar-refractivity contribution is 5.92. The van der Waals surface area contributed by atoms with E-state index in [2.05, 4.69) is 0 Å². The third-order valence-corrected chi connectivity index (χ3v) is 3.78. The minimum absolute atomic E-state index is 0.0878. The van der Waals surface area contributed by atoms with E-state index in [-0.39, 0.29) is 11.9 Å². The lowest BCUT2D eigenvalue weighted by molar-refractivity contribution is -0.138. The second kappa shape index (κ2) is 6.97. The van der Waals surface area contributed by atoms with Crippen LogP contribution < -0.4 is 4.90 Å². The van der Waals surface area contributed by atoms with E-state index in [4.69, 9.17) is 4.74 Å². The summed E-state index contributed by atoms with van der Waals surface area (Å²) in [5.74, 6) is -0.359. The van der Waals surface area contributed by atoms with Gasteiger partial charge < -0.3 is 9.64 Å². The van der Waals surface area contributed by atoms with Crippen LogP contribution >= 0.6 is 0 Å². The Labute approximate surface area is 136 Å². The van der Waals surface area contributed by atoms with E-state index in [1.807, 2.05) is 91.0 Å². The Morgan fingerprint density at radius 3 is 2.35 bits per heavy atom. The fraction of sp³-hybridized carbons (Fsp3) is 0.150. The van der Waals surface area contributed by atoms with Gasteiger partial charge >= 0.3 is 5.97 Å². The number of benzene rings is 2. The lowest BCUT2D eigenvalue weighted by Gasteiger charge is -2.26. The van der Waals surface area contributed by atoms with Gasteiger partial charge in [0.05, 0.1) is 12.2 Å². The number of rotatable bonds is 4. The Bertz CT molecular complexity index is 720. The molecule has 2 aromatic rings. The molecule has 0 radical (unpaired) electrons. The maximum atomic E-state index is 12.4. The summed E-state index contributed by atoms with van der Waals surface area (Å²) in [6, 6.07) is 19.9. The molecular formula is C20H19NO2. The summed E-state index contributed by atoms with van der Waals surface area (Å²) < 4.78 is 5.25. The quantitative estimate of drug-likeness (QED) is 0.791. The molecular weight excluding hydrogens is 286 g/mol. The standard InChI is InChI=1S/C20H19NO2/c1-2-23-20(22)19-15-21(17-11-7-4-8-12-17)14-13-18(19)16-9-5-3-6-10-16/h3-15,18H,2H2,1H3. The summed E-state index contributed by atoms with van der Waals surface area (Å²) in [6.45, 7) is 2.19. The predicted molar refractivity (Wildman–Crippen MR) is 92.0 cm³/mol. The largest absolute Gasteiger partial charge is 0.463 e. The van der Waals surface area contributed by atoms with Gasteiger partial charge in [0.25, 0.3) is 0 Å². The molecule has 0 amide bonds. The van der Waals surface area contributed by atoms with Crippen molar-refractivity contribution >= 4 is 11.7 Å². The molecule has 3 rings (SSSR count). The molecule has 116 valence electrons. The van der Waals surface area contributed by atoms with Crippen LogP contribution in [0, 0.1) is 0 Å². The molecule has 0 spiro atoms. The van der Waals surface area contributed by atoms with Gasteiger partial charge in [-0.1, -0.05) is 54.6 Å². The SMILES string of the molecule is CCOC(=O)C1=CN(c2ccccc2)C=CC1c1ccccc1. The molecule has 0 aromatic heterocycles. The van der Waals surface area contributed by atoms with Gasteiger partial charge in [-0.2, -0.15) is 0 Å². The maximum absolute atomic E-state index is 12.4. The normalized spacial score (nSPS) is 16.8. The van der Waals surface area contributed by atoms with Crippen molar-refractivity contribution in [3.63, 3.8) is 0 Å². The van der Waals surface area contributed by atoms with Crippen LogP contribution in [0.2, 0.25) is 0 Å². The first-order valence-corrected chi connectivity index (χ1v) is 7.75. The number of carbonyl (C=O) groups excluding carboxylic acids is 1. The van der Waals surface area contributed by atoms with Crippen molar-refractivity contribution in [2.75, 3.05) is 11.5 Å². The number of ether oxygens (including phenoxy) is 1. The van der Waals surface area contributed by atoms with Crippen molar-refractivity contribution in [2.45, 2.75) is 12.8 Å². The van der Waals surface area contributed by atoms with Crippen LogP contribution in [0.4, 0.5) is 5.69 Å². The van der Waals surface area contributed by atoms with E-state index < -0.39 is 0 Å². The zero-order valence-electron chi connectivity index (χ0n) is 13.1. The number of allylic oxidation sites excluding steroid dienone is 1. The molecule has 0 fully saturated rings. The number of anilines is 1. The molecule has 2 aromatic carbocycles. The maximum Gasteiger partial charge on any atom is 0.336 e. The Morgan fingerprint density at radius 1 is 1.04 bits per heavy atom. The first-order valence-electron chi connectivity index (χ1n) is 7.75. The molecule has 1 unspecified atom stereocenters. The number of hydrogen-bond acceptors (Lipinski definition) is 3. The summed E-state index contributed by atoms with van der Waals surface area (Å²) >= 11 is 0. The average Bonchev–Trinajstić information content (AvgIpc) is 2.63. The van der Waals surface area contributed by atoms with Crippen LogP contribution in [-0.2, 0) is 9.53 Å². The molecule has 3 nitrogen and oxygen atoms in total. The van der Waals surface area contributed by atoms with E-state index >= 15 is 0 Å². The third kappa shape index (κ3) is 3.34. The van der Waals surface area contributed by atoms with Crippen LogP contribution in [0.5, 0.6) is 0 Å². The topological polar surface area (TPSA) is 29.5 Å². The highest BCUT2D eigenvalue weighted by atomic mass is 16.5. The van der Waals surface area contributed by atoms with Crippen LogP contribution in [0.25, 0.3) is 0 Å². The molecule has 3 heteroatoms. The van der Waals surface area contributed by atoms with E-state index in [1.54, 1.807) is 0 Å². The number of esters is 1.